The summed E-state index contributed by atoms with van der Waals surface area (Å²) < 4.78 is 1.90. The van der Waals surface area contributed by atoms with Gasteiger partial charge in [-0.05, 0) is 6.92 Å². The molecule has 2 aromatic heterocycles. The van der Waals surface area contributed by atoms with E-state index in [1.54, 1.807) is 6.33 Å². The molecule has 0 amide bonds. The van der Waals surface area contributed by atoms with Crippen LogP contribution in [0.25, 0.3) is 11.2 Å². The van der Waals surface area contributed by atoms with Gasteiger partial charge in [0.15, 0.2) is 11.5 Å². The van der Waals surface area contributed by atoms with Crippen LogP contribution in [0.3, 0.4) is 0 Å². The monoisotopic (exact) mass is 189 g/mol. The van der Waals surface area contributed by atoms with Gasteiger partial charge in [-0.3, -0.25) is 0 Å². The topological polar surface area (TPSA) is 69.6 Å². The largest absolute Gasteiger partial charge is 0.382 e. The van der Waals surface area contributed by atoms with E-state index in [0.29, 0.717) is 17.9 Å². The van der Waals surface area contributed by atoms with Crippen molar-refractivity contribution < 1.29 is 0 Å². The van der Waals surface area contributed by atoms with Gasteiger partial charge in [-0.1, -0.05) is 12.2 Å². The van der Waals surface area contributed by atoms with Crippen molar-refractivity contribution in [1.82, 2.24) is 19.5 Å². The Morgan fingerprint density at radius 1 is 1.50 bits per heavy atom. The summed E-state index contributed by atoms with van der Waals surface area (Å²) in [5.74, 6) is 0.412. The summed E-state index contributed by atoms with van der Waals surface area (Å²) in [5, 5.41) is 0. The van der Waals surface area contributed by atoms with Gasteiger partial charge in [-0.2, -0.15) is 0 Å². The smallest absolute Gasteiger partial charge is 0.165 e. The van der Waals surface area contributed by atoms with Gasteiger partial charge in [0.05, 0.1) is 6.33 Å². The second-order valence-electron chi connectivity index (χ2n) is 3.26. The van der Waals surface area contributed by atoms with Gasteiger partial charge in [-0.25, -0.2) is 15.0 Å². The molecular weight excluding hydrogens is 178 g/mol. The molecule has 0 aliphatic heterocycles. The van der Waals surface area contributed by atoms with Crippen LogP contribution >= 0.6 is 0 Å². The molecule has 2 N–H and O–H groups in total. The fraction of sp³-hybridized carbons (Fsp3) is 0.222. The summed E-state index contributed by atoms with van der Waals surface area (Å²) in [6.07, 6.45) is 3.14. The fourth-order valence-corrected chi connectivity index (χ4v) is 1.31. The molecule has 0 aromatic carbocycles. The van der Waals surface area contributed by atoms with Gasteiger partial charge < -0.3 is 10.3 Å². The van der Waals surface area contributed by atoms with Crippen LogP contribution in [0.15, 0.2) is 24.8 Å². The molecular formula is C9H11N5. The van der Waals surface area contributed by atoms with Gasteiger partial charge in [0, 0.05) is 6.54 Å². The molecule has 2 heterocycles. The second-order valence-corrected chi connectivity index (χ2v) is 3.26. The third-order valence-corrected chi connectivity index (χ3v) is 1.87. The number of hydrogen-bond acceptors (Lipinski definition) is 4. The summed E-state index contributed by atoms with van der Waals surface area (Å²) in [6, 6.07) is 0. The highest BCUT2D eigenvalue weighted by atomic mass is 15.1. The molecule has 0 radical (unpaired) electrons. The van der Waals surface area contributed by atoms with E-state index in [1.807, 2.05) is 11.5 Å². The van der Waals surface area contributed by atoms with Gasteiger partial charge in [0.2, 0.25) is 0 Å². The van der Waals surface area contributed by atoms with E-state index in [0.717, 1.165) is 11.2 Å². The van der Waals surface area contributed by atoms with Crippen LogP contribution in [0.2, 0.25) is 0 Å². The molecule has 0 atom stereocenters. The molecule has 14 heavy (non-hydrogen) atoms. The van der Waals surface area contributed by atoms with Gasteiger partial charge in [-0.15, -0.1) is 0 Å². The SMILES string of the molecule is C=C(C)Cn1cnc2c(N)ncnc21. The van der Waals surface area contributed by atoms with E-state index in [2.05, 4.69) is 21.5 Å². The van der Waals surface area contributed by atoms with Crippen molar-refractivity contribution in [3.05, 3.63) is 24.8 Å². The summed E-state index contributed by atoms with van der Waals surface area (Å²) in [5.41, 5.74) is 8.09. The van der Waals surface area contributed by atoms with Crippen molar-refractivity contribution in [3.8, 4) is 0 Å². The molecule has 0 fully saturated rings. The average Bonchev–Trinajstić information content (AvgIpc) is 2.49. The highest BCUT2D eigenvalue weighted by molar-refractivity contribution is 5.81. The quantitative estimate of drug-likeness (QED) is 0.715. The van der Waals surface area contributed by atoms with Crippen LogP contribution in [0.1, 0.15) is 6.92 Å². The summed E-state index contributed by atoms with van der Waals surface area (Å²) in [7, 11) is 0. The van der Waals surface area contributed by atoms with Crippen molar-refractivity contribution in [2.24, 2.45) is 0 Å². The van der Waals surface area contributed by atoms with Crippen LogP contribution in [0, 0.1) is 0 Å². The lowest BCUT2D eigenvalue weighted by molar-refractivity contribution is 0.800. The number of rotatable bonds is 2. The van der Waals surface area contributed by atoms with Crippen LogP contribution in [0.5, 0.6) is 0 Å². The lowest BCUT2D eigenvalue weighted by atomic mass is 10.3. The molecule has 0 bridgehead atoms. The molecule has 0 aliphatic rings. The maximum atomic E-state index is 5.65. The van der Waals surface area contributed by atoms with Crippen molar-refractivity contribution in [2.75, 3.05) is 5.73 Å². The minimum atomic E-state index is 0.412. The van der Waals surface area contributed by atoms with E-state index in [-0.39, 0.29) is 0 Å². The molecule has 2 rings (SSSR count). The Morgan fingerprint density at radius 2 is 2.29 bits per heavy atom. The van der Waals surface area contributed by atoms with E-state index in [9.17, 15) is 0 Å². The van der Waals surface area contributed by atoms with E-state index < -0.39 is 0 Å². The Hall–Kier alpha value is -1.91. The molecule has 0 unspecified atom stereocenters. The average molecular weight is 189 g/mol. The Balaban J connectivity index is 2.58. The van der Waals surface area contributed by atoms with Crippen LogP contribution in [0.4, 0.5) is 5.82 Å². The van der Waals surface area contributed by atoms with Gasteiger partial charge in [0.25, 0.3) is 0 Å². The third kappa shape index (κ3) is 1.32. The van der Waals surface area contributed by atoms with Crippen molar-refractivity contribution >= 4 is 17.0 Å². The zero-order valence-electron chi connectivity index (χ0n) is 7.94. The third-order valence-electron chi connectivity index (χ3n) is 1.87. The van der Waals surface area contributed by atoms with E-state index >= 15 is 0 Å². The van der Waals surface area contributed by atoms with Crippen LogP contribution in [-0.2, 0) is 6.54 Å². The normalized spacial score (nSPS) is 10.6. The predicted molar refractivity (Wildman–Crippen MR) is 54.5 cm³/mol. The molecule has 0 spiro atoms. The minimum Gasteiger partial charge on any atom is -0.382 e. The van der Waals surface area contributed by atoms with Crippen molar-refractivity contribution in [2.45, 2.75) is 13.5 Å². The number of anilines is 1. The lowest BCUT2D eigenvalue weighted by Gasteiger charge is -2.01. The first-order valence-electron chi connectivity index (χ1n) is 4.24. The number of fused-ring (bicyclic) bond motifs is 1. The first-order valence-corrected chi connectivity index (χ1v) is 4.24. The number of imidazole rings is 1. The van der Waals surface area contributed by atoms with Crippen molar-refractivity contribution in [1.29, 1.82) is 0 Å². The van der Waals surface area contributed by atoms with Crippen LogP contribution < -0.4 is 5.73 Å². The summed E-state index contributed by atoms with van der Waals surface area (Å²) >= 11 is 0. The van der Waals surface area contributed by atoms with Gasteiger partial charge in [0.1, 0.15) is 11.8 Å². The second kappa shape index (κ2) is 3.10. The standard InChI is InChI=1S/C9H11N5/c1-6(2)3-14-5-13-7-8(10)11-4-12-9(7)14/h4-5H,1,3H2,2H3,(H2,10,11,12). The molecule has 0 saturated heterocycles. The van der Waals surface area contributed by atoms with Gasteiger partial charge >= 0.3 is 0 Å². The number of nitrogens with two attached hydrogens (primary N) is 1. The maximum absolute atomic E-state index is 5.65. The highest BCUT2D eigenvalue weighted by Gasteiger charge is 2.06. The highest BCUT2D eigenvalue weighted by Crippen LogP contribution is 2.14. The molecule has 0 aliphatic carbocycles. The summed E-state index contributed by atoms with van der Waals surface area (Å²) in [4.78, 5) is 12.1. The number of aromatic nitrogens is 4. The maximum Gasteiger partial charge on any atom is 0.165 e. The Morgan fingerprint density at radius 3 is 3.00 bits per heavy atom. The fourth-order valence-electron chi connectivity index (χ4n) is 1.31. The molecule has 0 saturated carbocycles. The number of nitrogen functional groups attached to an aromatic ring is 1. The van der Waals surface area contributed by atoms with Crippen molar-refractivity contribution in [3.63, 3.8) is 0 Å². The number of allylic oxidation sites excluding steroid dienone is 1. The molecule has 5 nitrogen and oxygen atoms in total. The number of nitrogens with zero attached hydrogens (tertiary/aromatic N) is 4. The first-order chi connectivity index (χ1) is 6.68. The van der Waals surface area contributed by atoms with E-state index in [1.165, 1.54) is 6.33 Å². The number of hydrogen-bond donors (Lipinski definition) is 1. The zero-order chi connectivity index (χ0) is 10.1. The molecule has 72 valence electrons. The zero-order valence-corrected chi connectivity index (χ0v) is 7.94. The minimum absolute atomic E-state index is 0.412. The molecule has 5 heteroatoms. The Labute approximate surface area is 81.3 Å². The molecule has 2 aromatic rings. The van der Waals surface area contributed by atoms with E-state index in [4.69, 9.17) is 5.73 Å². The Bertz CT molecular complexity index is 485. The Kier molecular flexibility index (Phi) is 1.92. The summed E-state index contributed by atoms with van der Waals surface area (Å²) in [6.45, 7) is 6.49. The lowest BCUT2D eigenvalue weighted by Crippen LogP contribution is -1.99. The predicted octanol–water partition coefficient (Wildman–Crippen LogP) is 0.985. The first kappa shape index (κ1) is 8.68. The van der Waals surface area contributed by atoms with Crippen LogP contribution in [-0.4, -0.2) is 19.5 Å².